The Kier molecular flexibility index (Phi) is 3.44. The van der Waals surface area contributed by atoms with E-state index in [1.807, 2.05) is 18.2 Å². The van der Waals surface area contributed by atoms with Crippen molar-refractivity contribution in [3.63, 3.8) is 0 Å². The number of benzene rings is 1. The van der Waals surface area contributed by atoms with Crippen LogP contribution in [0.2, 0.25) is 0 Å². The minimum absolute atomic E-state index is 0.109. The number of rotatable bonds is 2. The number of esters is 1. The molecular formula is C13H17NO2. The molecule has 0 atom stereocenters. The molecular weight excluding hydrogens is 202 g/mol. The van der Waals surface area contributed by atoms with Gasteiger partial charge in [-0.3, -0.25) is 4.79 Å². The molecule has 0 amide bonds. The van der Waals surface area contributed by atoms with Crippen LogP contribution in [0.25, 0.3) is 0 Å². The highest BCUT2D eigenvalue weighted by Gasteiger charge is 2.20. The second-order valence-electron chi connectivity index (χ2n) is 4.13. The molecule has 1 heterocycles. The van der Waals surface area contributed by atoms with Crippen LogP contribution < -0.4 is 4.90 Å². The largest absolute Gasteiger partial charge is 0.462 e. The molecule has 0 unspecified atom stereocenters. The van der Waals surface area contributed by atoms with E-state index in [1.54, 1.807) is 0 Å². The van der Waals surface area contributed by atoms with Crippen LogP contribution >= 0.6 is 0 Å². The first kappa shape index (κ1) is 11.0. The van der Waals surface area contributed by atoms with Crippen molar-refractivity contribution in [1.29, 1.82) is 0 Å². The van der Waals surface area contributed by atoms with Gasteiger partial charge in [0, 0.05) is 38.5 Å². The first-order chi connectivity index (χ1) is 7.75. The smallest absolute Gasteiger partial charge is 0.302 e. The van der Waals surface area contributed by atoms with E-state index in [-0.39, 0.29) is 12.1 Å². The number of hydrogen-bond acceptors (Lipinski definition) is 3. The molecule has 0 N–H and O–H groups in total. The summed E-state index contributed by atoms with van der Waals surface area (Å²) in [5.41, 5.74) is 1.25. The number of carbonyl (C=O) groups excluding carboxylic acids is 1. The maximum absolute atomic E-state index is 10.8. The Hall–Kier alpha value is -1.51. The zero-order valence-corrected chi connectivity index (χ0v) is 9.56. The molecule has 1 aliphatic heterocycles. The normalized spacial score (nSPS) is 17.2. The summed E-state index contributed by atoms with van der Waals surface area (Å²) < 4.78 is 5.21. The van der Waals surface area contributed by atoms with E-state index in [0.29, 0.717) is 0 Å². The Balaban J connectivity index is 1.88. The third kappa shape index (κ3) is 2.75. The highest BCUT2D eigenvalue weighted by molar-refractivity contribution is 5.66. The lowest BCUT2D eigenvalue weighted by Gasteiger charge is -2.33. The highest BCUT2D eigenvalue weighted by atomic mass is 16.5. The van der Waals surface area contributed by atoms with Crippen LogP contribution in [0.5, 0.6) is 0 Å². The standard InChI is InChI=1S/C13H17NO2/c1-11(15)16-13-7-9-14(10-8-13)12-5-3-2-4-6-12/h2-6,13H,7-10H2,1H3. The highest BCUT2D eigenvalue weighted by Crippen LogP contribution is 2.20. The molecule has 86 valence electrons. The number of hydrogen-bond donors (Lipinski definition) is 0. The minimum atomic E-state index is -0.168. The molecule has 16 heavy (non-hydrogen) atoms. The molecule has 0 radical (unpaired) electrons. The zero-order valence-electron chi connectivity index (χ0n) is 9.56. The van der Waals surface area contributed by atoms with Crippen molar-refractivity contribution >= 4 is 11.7 Å². The SMILES string of the molecule is CC(=O)OC1CCN(c2ccccc2)CC1. The molecule has 1 aromatic rings. The fourth-order valence-corrected chi connectivity index (χ4v) is 2.11. The number of nitrogens with zero attached hydrogens (tertiary/aromatic N) is 1. The fourth-order valence-electron chi connectivity index (χ4n) is 2.11. The van der Waals surface area contributed by atoms with Crippen molar-refractivity contribution in [2.75, 3.05) is 18.0 Å². The minimum Gasteiger partial charge on any atom is -0.462 e. The van der Waals surface area contributed by atoms with E-state index in [0.717, 1.165) is 25.9 Å². The van der Waals surface area contributed by atoms with Gasteiger partial charge in [-0.2, -0.15) is 0 Å². The van der Waals surface area contributed by atoms with Gasteiger partial charge in [0.1, 0.15) is 6.10 Å². The Morgan fingerprint density at radius 2 is 1.88 bits per heavy atom. The topological polar surface area (TPSA) is 29.5 Å². The van der Waals surface area contributed by atoms with Crippen LogP contribution in [-0.4, -0.2) is 25.2 Å². The Morgan fingerprint density at radius 1 is 1.25 bits per heavy atom. The number of para-hydroxylation sites is 1. The summed E-state index contributed by atoms with van der Waals surface area (Å²) in [5, 5.41) is 0. The summed E-state index contributed by atoms with van der Waals surface area (Å²) in [4.78, 5) is 13.2. The lowest BCUT2D eigenvalue weighted by molar-refractivity contribution is -0.147. The third-order valence-electron chi connectivity index (χ3n) is 2.90. The van der Waals surface area contributed by atoms with Crippen molar-refractivity contribution in [2.45, 2.75) is 25.9 Å². The third-order valence-corrected chi connectivity index (χ3v) is 2.90. The van der Waals surface area contributed by atoms with Gasteiger partial charge < -0.3 is 9.64 Å². The van der Waals surface area contributed by atoms with E-state index >= 15 is 0 Å². The number of carbonyl (C=O) groups is 1. The maximum Gasteiger partial charge on any atom is 0.302 e. The molecule has 0 bridgehead atoms. The Morgan fingerprint density at radius 3 is 2.44 bits per heavy atom. The van der Waals surface area contributed by atoms with Gasteiger partial charge in [-0.15, -0.1) is 0 Å². The molecule has 3 nitrogen and oxygen atoms in total. The van der Waals surface area contributed by atoms with Crippen LogP contribution in [0.4, 0.5) is 5.69 Å². The van der Waals surface area contributed by atoms with Crippen molar-refractivity contribution in [3.8, 4) is 0 Å². The predicted molar refractivity (Wildman–Crippen MR) is 63.4 cm³/mol. The molecule has 1 aliphatic rings. The summed E-state index contributed by atoms with van der Waals surface area (Å²) in [6.45, 7) is 3.40. The average Bonchev–Trinajstić information content (AvgIpc) is 2.30. The van der Waals surface area contributed by atoms with Crippen molar-refractivity contribution in [2.24, 2.45) is 0 Å². The lowest BCUT2D eigenvalue weighted by Crippen LogP contribution is -2.37. The van der Waals surface area contributed by atoms with Crippen LogP contribution in [0.15, 0.2) is 30.3 Å². The molecule has 2 rings (SSSR count). The van der Waals surface area contributed by atoms with Crippen molar-refractivity contribution < 1.29 is 9.53 Å². The first-order valence-electron chi connectivity index (χ1n) is 5.73. The second kappa shape index (κ2) is 5.01. The zero-order chi connectivity index (χ0) is 11.4. The van der Waals surface area contributed by atoms with Crippen LogP contribution in [0.3, 0.4) is 0 Å². The van der Waals surface area contributed by atoms with E-state index in [2.05, 4.69) is 17.0 Å². The molecule has 0 aromatic heterocycles. The number of ether oxygens (including phenoxy) is 1. The van der Waals surface area contributed by atoms with Gasteiger partial charge in [0.25, 0.3) is 0 Å². The van der Waals surface area contributed by atoms with Gasteiger partial charge >= 0.3 is 5.97 Å². The molecule has 0 saturated carbocycles. The van der Waals surface area contributed by atoms with E-state index in [9.17, 15) is 4.79 Å². The average molecular weight is 219 g/mol. The molecule has 0 aliphatic carbocycles. The number of anilines is 1. The maximum atomic E-state index is 10.8. The van der Waals surface area contributed by atoms with E-state index in [4.69, 9.17) is 4.74 Å². The van der Waals surface area contributed by atoms with E-state index in [1.165, 1.54) is 12.6 Å². The Bertz CT molecular complexity index is 342. The van der Waals surface area contributed by atoms with Gasteiger partial charge in [0.2, 0.25) is 0 Å². The van der Waals surface area contributed by atoms with Gasteiger partial charge in [0.15, 0.2) is 0 Å². The summed E-state index contributed by atoms with van der Waals surface area (Å²) >= 11 is 0. The van der Waals surface area contributed by atoms with Crippen LogP contribution in [0, 0.1) is 0 Å². The van der Waals surface area contributed by atoms with Crippen LogP contribution in [0.1, 0.15) is 19.8 Å². The fraction of sp³-hybridized carbons (Fsp3) is 0.462. The van der Waals surface area contributed by atoms with E-state index < -0.39 is 0 Å². The summed E-state index contributed by atoms with van der Waals surface area (Å²) in [6, 6.07) is 10.4. The van der Waals surface area contributed by atoms with Crippen molar-refractivity contribution in [3.05, 3.63) is 30.3 Å². The molecule has 1 saturated heterocycles. The number of piperidine rings is 1. The van der Waals surface area contributed by atoms with Gasteiger partial charge in [-0.25, -0.2) is 0 Å². The second-order valence-corrected chi connectivity index (χ2v) is 4.13. The van der Waals surface area contributed by atoms with Crippen molar-refractivity contribution in [1.82, 2.24) is 0 Å². The predicted octanol–water partition coefficient (Wildman–Crippen LogP) is 2.22. The quantitative estimate of drug-likeness (QED) is 0.714. The lowest BCUT2D eigenvalue weighted by atomic mass is 10.1. The first-order valence-corrected chi connectivity index (χ1v) is 5.73. The van der Waals surface area contributed by atoms with Gasteiger partial charge in [-0.05, 0) is 12.1 Å². The molecule has 3 heteroatoms. The molecule has 0 spiro atoms. The van der Waals surface area contributed by atoms with Crippen LogP contribution in [-0.2, 0) is 9.53 Å². The van der Waals surface area contributed by atoms with Gasteiger partial charge in [-0.1, -0.05) is 18.2 Å². The Labute approximate surface area is 96.0 Å². The monoisotopic (exact) mass is 219 g/mol. The molecule has 1 aromatic carbocycles. The molecule has 1 fully saturated rings. The summed E-state index contributed by atoms with van der Waals surface area (Å²) in [5.74, 6) is -0.168. The van der Waals surface area contributed by atoms with Gasteiger partial charge in [0.05, 0.1) is 0 Å². The summed E-state index contributed by atoms with van der Waals surface area (Å²) in [6.07, 6.45) is 1.96. The summed E-state index contributed by atoms with van der Waals surface area (Å²) in [7, 11) is 0.